The lowest BCUT2D eigenvalue weighted by Crippen LogP contribution is -2.46. The molecule has 20 heavy (non-hydrogen) atoms. The van der Waals surface area contributed by atoms with E-state index in [9.17, 15) is 14.7 Å². The fourth-order valence-electron chi connectivity index (χ4n) is 3.75. The molecule has 2 rings (SSSR count). The molecule has 0 saturated heterocycles. The van der Waals surface area contributed by atoms with E-state index in [1.165, 1.54) is 0 Å². The lowest BCUT2D eigenvalue weighted by molar-refractivity contribution is -0.151. The maximum Gasteiger partial charge on any atom is 0.311 e. The summed E-state index contributed by atoms with van der Waals surface area (Å²) in [6, 6.07) is 0. The van der Waals surface area contributed by atoms with Gasteiger partial charge in [-0.1, -0.05) is 25.7 Å². The Balaban J connectivity index is 1.92. The summed E-state index contributed by atoms with van der Waals surface area (Å²) < 4.78 is 0. The molecule has 2 aliphatic rings. The van der Waals surface area contributed by atoms with Gasteiger partial charge in [-0.3, -0.25) is 9.59 Å². The molecule has 0 aromatic heterocycles. The van der Waals surface area contributed by atoms with Gasteiger partial charge in [0.05, 0.1) is 5.41 Å². The molecule has 2 saturated carbocycles. The third-order valence-electron chi connectivity index (χ3n) is 5.16. The monoisotopic (exact) mass is 282 g/mol. The maximum atomic E-state index is 12.3. The maximum absolute atomic E-state index is 12.3. The van der Waals surface area contributed by atoms with Gasteiger partial charge in [-0.2, -0.15) is 0 Å². The number of amides is 1. The van der Waals surface area contributed by atoms with Crippen LogP contribution < -0.4 is 11.1 Å². The number of carboxylic acids is 1. The zero-order valence-corrected chi connectivity index (χ0v) is 12.1. The van der Waals surface area contributed by atoms with E-state index in [1.807, 2.05) is 0 Å². The van der Waals surface area contributed by atoms with Crippen molar-refractivity contribution in [2.24, 2.45) is 23.0 Å². The van der Waals surface area contributed by atoms with Crippen molar-refractivity contribution in [3.63, 3.8) is 0 Å². The average molecular weight is 282 g/mol. The summed E-state index contributed by atoms with van der Waals surface area (Å²) in [6.45, 7) is 0.817. The Morgan fingerprint density at radius 1 is 1.15 bits per heavy atom. The van der Waals surface area contributed by atoms with Crippen molar-refractivity contribution >= 4 is 11.9 Å². The lowest BCUT2D eigenvalue weighted by Gasteiger charge is -2.33. The molecule has 2 fully saturated rings. The number of hydrogen-bond acceptors (Lipinski definition) is 3. The number of rotatable bonds is 5. The van der Waals surface area contributed by atoms with Gasteiger partial charge in [-0.25, -0.2) is 0 Å². The van der Waals surface area contributed by atoms with Gasteiger partial charge in [0.2, 0.25) is 5.91 Å². The zero-order valence-electron chi connectivity index (χ0n) is 12.1. The Morgan fingerprint density at radius 3 is 2.45 bits per heavy atom. The number of nitrogens with two attached hydrogens (primary N) is 1. The van der Waals surface area contributed by atoms with E-state index in [-0.39, 0.29) is 24.3 Å². The van der Waals surface area contributed by atoms with Crippen LogP contribution in [0.4, 0.5) is 0 Å². The molecule has 2 atom stereocenters. The normalized spacial score (nSPS) is 29.1. The predicted octanol–water partition coefficient (Wildman–Crippen LogP) is 1.51. The van der Waals surface area contributed by atoms with Gasteiger partial charge < -0.3 is 16.2 Å². The number of hydrogen-bond donors (Lipinski definition) is 3. The third-order valence-corrected chi connectivity index (χ3v) is 5.16. The van der Waals surface area contributed by atoms with E-state index in [4.69, 9.17) is 5.73 Å². The first-order valence-corrected chi connectivity index (χ1v) is 7.80. The summed E-state index contributed by atoms with van der Waals surface area (Å²) in [6.07, 6.45) is 7.27. The Labute approximate surface area is 120 Å². The summed E-state index contributed by atoms with van der Waals surface area (Å²) >= 11 is 0. The summed E-state index contributed by atoms with van der Waals surface area (Å²) in [4.78, 5) is 23.8. The first-order chi connectivity index (χ1) is 9.59. The largest absolute Gasteiger partial charge is 0.481 e. The Hall–Kier alpha value is -1.10. The van der Waals surface area contributed by atoms with E-state index in [0.29, 0.717) is 19.4 Å². The summed E-state index contributed by atoms with van der Waals surface area (Å²) in [7, 11) is 0. The highest BCUT2D eigenvalue weighted by Gasteiger charge is 2.41. The number of nitrogens with one attached hydrogen (secondary N) is 1. The molecule has 4 N–H and O–H groups in total. The van der Waals surface area contributed by atoms with Gasteiger partial charge >= 0.3 is 5.97 Å². The van der Waals surface area contributed by atoms with Crippen LogP contribution in [0.25, 0.3) is 0 Å². The second-order valence-corrected chi connectivity index (χ2v) is 6.40. The lowest BCUT2D eigenvalue weighted by atomic mass is 9.74. The second-order valence-electron chi connectivity index (χ2n) is 6.40. The van der Waals surface area contributed by atoms with E-state index in [1.54, 1.807) is 0 Å². The Morgan fingerprint density at radius 2 is 1.85 bits per heavy atom. The van der Waals surface area contributed by atoms with E-state index >= 15 is 0 Å². The van der Waals surface area contributed by atoms with Crippen LogP contribution >= 0.6 is 0 Å². The van der Waals surface area contributed by atoms with Crippen molar-refractivity contribution < 1.29 is 14.7 Å². The van der Waals surface area contributed by atoms with E-state index in [0.717, 1.165) is 38.5 Å². The molecule has 0 heterocycles. The molecule has 0 aliphatic heterocycles. The van der Waals surface area contributed by atoms with Crippen molar-refractivity contribution in [3.05, 3.63) is 0 Å². The highest BCUT2D eigenvalue weighted by molar-refractivity contribution is 5.81. The summed E-state index contributed by atoms with van der Waals surface area (Å²) in [5.41, 5.74) is 4.96. The van der Waals surface area contributed by atoms with Crippen LogP contribution in [-0.4, -0.2) is 30.1 Å². The van der Waals surface area contributed by atoms with Crippen molar-refractivity contribution in [1.29, 1.82) is 0 Å². The Bertz CT molecular complexity index is 364. The molecule has 5 heteroatoms. The number of carboxylic acid groups (broad SMARTS) is 1. The van der Waals surface area contributed by atoms with Crippen LogP contribution in [0.3, 0.4) is 0 Å². The highest BCUT2D eigenvalue weighted by Crippen LogP contribution is 2.36. The van der Waals surface area contributed by atoms with Crippen LogP contribution in [0.2, 0.25) is 0 Å². The topological polar surface area (TPSA) is 92.4 Å². The molecule has 2 aliphatic carbocycles. The molecule has 0 bridgehead atoms. The Kier molecular flexibility index (Phi) is 5.02. The zero-order chi connectivity index (χ0) is 14.6. The van der Waals surface area contributed by atoms with Gasteiger partial charge in [0.15, 0.2) is 0 Å². The standard InChI is InChI=1S/C15H26N2O3/c16-9-11-5-4-6-12(11)13(18)17-10-15(14(19)20)7-2-1-3-8-15/h11-12H,1-10,16H2,(H,17,18)(H,19,20). The van der Waals surface area contributed by atoms with Crippen LogP contribution in [0, 0.1) is 17.3 Å². The highest BCUT2D eigenvalue weighted by atomic mass is 16.4. The van der Waals surface area contributed by atoms with Crippen LogP contribution in [-0.2, 0) is 9.59 Å². The molecular weight excluding hydrogens is 256 g/mol. The fourth-order valence-corrected chi connectivity index (χ4v) is 3.75. The van der Waals surface area contributed by atoms with Gasteiger partial charge in [0, 0.05) is 12.5 Å². The minimum atomic E-state index is -0.765. The van der Waals surface area contributed by atoms with Crippen LogP contribution in [0.1, 0.15) is 51.4 Å². The first kappa shape index (κ1) is 15.3. The molecule has 2 unspecified atom stereocenters. The number of carbonyl (C=O) groups excluding carboxylic acids is 1. The van der Waals surface area contributed by atoms with Crippen LogP contribution in [0.5, 0.6) is 0 Å². The van der Waals surface area contributed by atoms with E-state index in [2.05, 4.69) is 5.32 Å². The fraction of sp³-hybridized carbons (Fsp3) is 0.867. The van der Waals surface area contributed by atoms with Gasteiger partial charge in [0.25, 0.3) is 0 Å². The molecule has 0 aromatic carbocycles. The van der Waals surface area contributed by atoms with Gasteiger partial charge in [-0.05, 0) is 38.1 Å². The van der Waals surface area contributed by atoms with Crippen molar-refractivity contribution in [2.45, 2.75) is 51.4 Å². The number of carbonyl (C=O) groups is 2. The van der Waals surface area contributed by atoms with Crippen molar-refractivity contribution in [1.82, 2.24) is 5.32 Å². The first-order valence-electron chi connectivity index (χ1n) is 7.80. The second kappa shape index (κ2) is 6.57. The molecule has 0 spiro atoms. The summed E-state index contributed by atoms with van der Waals surface area (Å²) in [5.74, 6) is -0.514. The van der Waals surface area contributed by atoms with Gasteiger partial charge in [-0.15, -0.1) is 0 Å². The molecule has 5 nitrogen and oxygen atoms in total. The molecule has 1 amide bonds. The van der Waals surface area contributed by atoms with Crippen molar-refractivity contribution in [2.75, 3.05) is 13.1 Å². The van der Waals surface area contributed by atoms with Crippen LogP contribution in [0.15, 0.2) is 0 Å². The minimum absolute atomic E-state index is 0.00384. The SMILES string of the molecule is NCC1CCCC1C(=O)NCC1(C(=O)O)CCCCC1. The molecule has 0 radical (unpaired) electrons. The quantitative estimate of drug-likeness (QED) is 0.712. The molecular formula is C15H26N2O3. The number of aliphatic carboxylic acids is 1. The molecule has 0 aromatic rings. The average Bonchev–Trinajstić information content (AvgIpc) is 2.94. The van der Waals surface area contributed by atoms with Crippen molar-refractivity contribution in [3.8, 4) is 0 Å². The summed E-state index contributed by atoms with van der Waals surface area (Å²) in [5, 5.41) is 12.4. The van der Waals surface area contributed by atoms with E-state index < -0.39 is 11.4 Å². The predicted molar refractivity (Wildman–Crippen MR) is 76.0 cm³/mol. The molecule has 114 valence electrons. The van der Waals surface area contributed by atoms with Gasteiger partial charge in [0.1, 0.15) is 0 Å². The minimum Gasteiger partial charge on any atom is -0.481 e. The smallest absolute Gasteiger partial charge is 0.311 e. The third kappa shape index (κ3) is 3.14.